The number of aliphatic hydroxyl groups excluding tert-OH is 1. The number of ether oxygens (including phenoxy) is 1. The minimum Gasteiger partial charge on any atom is -0.394 e. The Morgan fingerprint density at radius 3 is 2.84 bits per heavy atom. The molecular weight excluding hydrogens is 291 g/mol. The van der Waals surface area contributed by atoms with Gasteiger partial charge in [0.15, 0.2) is 0 Å². The molecule has 0 bridgehead atoms. The third kappa shape index (κ3) is 4.95. The topological polar surface area (TPSA) is 71.5 Å². The Morgan fingerprint density at radius 1 is 1.42 bits per heavy atom. The average molecular weight is 307 g/mol. The molecule has 19 heavy (non-hydrogen) atoms. The summed E-state index contributed by atoms with van der Waals surface area (Å²) in [6, 6.07) is 0. The van der Waals surface area contributed by atoms with Gasteiger partial charge in [-0.25, -0.2) is 0 Å². The number of aromatic nitrogens is 1. The molecule has 1 rings (SSSR count). The quantitative estimate of drug-likeness (QED) is 0.754. The molecule has 0 radical (unpaired) electrons. The first-order chi connectivity index (χ1) is 9.07. The smallest absolute Gasteiger partial charge is 0.254 e. The van der Waals surface area contributed by atoms with Gasteiger partial charge in [-0.2, -0.15) is 0 Å². The number of aliphatic hydroxyl groups is 1. The number of amides is 1. The van der Waals surface area contributed by atoms with Gasteiger partial charge in [0.25, 0.3) is 5.91 Å². The Kier molecular flexibility index (Phi) is 7.09. The zero-order chi connectivity index (χ0) is 14.3. The van der Waals surface area contributed by atoms with Gasteiger partial charge < -0.3 is 15.2 Å². The molecule has 1 aromatic heterocycles. The van der Waals surface area contributed by atoms with Crippen molar-refractivity contribution in [1.82, 2.24) is 10.3 Å². The maximum absolute atomic E-state index is 11.8. The van der Waals surface area contributed by atoms with Crippen molar-refractivity contribution in [2.45, 2.75) is 13.3 Å². The summed E-state index contributed by atoms with van der Waals surface area (Å²) in [4.78, 5) is 15.8. The summed E-state index contributed by atoms with van der Waals surface area (Å²) in [6.45, 7) is 2.94. The van der Waals surface area contributed by atoms with E-state index < -0.39 is 0 Å². The van der Waals surface area contributed by atoms with Gasteiger partial charge >= 0.3 is 0 Å². The lowest BCUT2D eigenvalue weighted by Gasteiger charge is -2.08. The molecule has 0 saturated heterocycles. The fraction of sp³-hybridized carbons (Fsp3) is 0.500. The van der Waals surface area contributed by atoms with Crippen LogP contribution in [0.3, 0.4) is 0 Å². The van der Waals surface area contributed by atoms with E-state index in [0.717, 1.165) is 0 Å². The molecule has 1 aromatic rings. The van der Waals surface area contributed by atoms with Crippen molar-refractivity contribution in [2.24, 2.45) is 0 Å². The number of hydrogen-bond donors (Lipinski definition) is 2. The molecule has 0 aliphatic rings. The molecule has 0 atom stereocenters. The predicted octanol–water partition coefficient (Wildman–Crippen LogP) is 1.83. The molecule has 0 aliphatic heterocycles. The second-order valence-electron chi connectivity index (χ2n) is 3.83. The first-order valence-corrected chi connectivity index (χ1v) is 6.61. The van der Waals surface area contributed by atoms with Gasteiger partial charge in [-0.05, 0) is 13.3 Å². The molecule has 0 fully saturated rings. The van der Waals surface area contributed by atoms with E-state index in [1.165, 1.54) is 6.20 Å². The minimum atomic E-state index is -0.318. The fourth-order valence-electron chi connectivity index (χ4n) is 1.35. The number of pyridine rings is 1. The summed E-state index contributed by atoms with van der Waals surface area (Å²) in [5.74, 6) is -0.318. The van der Waals surface area contributed by atoms with Gasteiger partial charge in [0.05, 0.1) is 34.5 Å². The molecular formula is C12H16Cl2N2O3. The first-order valence-electron chi connectivity index (χ1n) is 5.85. The number of carbonyl (C=O) groups excluding carboxylic acids is 1. The molecule has 0 saturated carbocycles. The molecule has 2 N–H and O–H groups in total. The Labute approximate surface area is 121 Å². The third-order valence-corrected chi connectivity index (χ3v) is 3.32. The SMILES string of the molecule is Cc1ncc(C(=O)NCCCOCCO)c(Cl)c1Cl. The number of aryl methyl sites for hydroxylation is 1. The van der Waals surface area contributed by atoms with Crippen LogP contribution in [0.4, 0.5) is 0 Å². The van der Waals surface area contributed by atoms with Crippen molar-refractivity contribution in [3.63, 3.8) is 0 Å². The Balaban J connectivity index is 2.44. The number of hydrogen-bond acceptors (Lipinski definition) is 4. The van der Waals surface area contributed by atoms with Crippen molar-refractivity contribution in [2.75, 3.05) is 26.4 Å². The van der Waals surface area contributed by atoms with E-state index in [1.807, 2.05) is 0 Å². The highest BCUT2D eigenvalue weighted by Gasteiger charge is 2.14. The number of rotatable bonds is 7. The zero-order valence-electron chi connectivity index (χ0n) is 10.6. The molecule has 7 heteroatoms. The third-order valence-electron chi connectivity index (χ3n) is 2.37. The molecule has 0 aromatic carbocycles. The summed E-state index contributed by atoms with van der Waals surface area (Å²) in [5, 5.41) is 11.7. The highest BCUT2D eigenvalue weighted by molar-refractivity contribution is 6.44. The molecule has 0 aliphatic carbocycles. The maximum Gasteiger partial charge on any atom is 0.254 e. The molecule has 106 valence electrons. The van der Waals surface area contributed by atoms with Crippen LogP contribution in [0.1, 0.15) is 22.5 Å². The zero-order valence-corrected chi connectivity index (χ0v) is 12.1. The van der Waals surface area contributed by atoms with Gasteiger partial charge in [0, 0.05) is 19.3 Å². The number of nitrogens with one attached hydrogen (secondary N) is 1. The lowest BCUT2D eigenvalue weighted by Crippen LogP contribution is -2.26. The van der Waals surface area contributed by atoms with Gasteiger partial charge in [0.1, 0.15) is 0 Å². The first kappa shape index (κ1) is 16.2. The average Bonchev–Trinajstić information content (AvgIpc) is 2.40. The normalized spacial score (nSPS) is 10.5. The minimum absolute atomic E-state index is 0.00446. The van der Waals surface area contributed by atoms with Gasteiger partial charge in [-0.15, -0.1) is 0 Å². The van der Waals surface area contributed by atoms with E-state index in [9.17, 15) is 4.79 Å². The van der Waals surface area contributed by atoms with Crippen LogP contribution < -0.4 is 5.32 Å². The van der Waals surface area contributed by atoms with E-state index in [2.05, 4.69) is 10.3 Å². The summed E-state index contributed by atoms with van der Waals surface area (Å²) in [5.41, 5.74) is 0.842. The maximum atomic E-state index is 11.8. The Morgan fingerprint density at radius 2 is 2.16 bits per heavy atom. The standard InChI is InChI=1S/C12H16Cl2N2O3/c1-8-10(13)11(14)9(7-16-8)12(18)15-3-2-5-19-6-4-17/h7,17H,2-6H2,1H3,(H,15,18). The largest absolute Gasteiger partial charge is 0.394 e. The van der Waals surface area contributed by atoms with E-state index >= 15 is 0 Å². The van der Waals surface area contributed by atoms with E-state index in [4.69, 9.17) is 33.0 Å². The highest BCUT2D eigenvalue weighted by atomic mass is 35.5. The van der Waals surface area contributed by atoms with Crippen LogP contribution >= 0.6 is 23.2 Å². The summed E-state index contributed by atoms with van der Waals surface area (Å²) >= 11 is 11.9. The van der Waals surface area contributed by atoms with Crippen LogP contribution in [-0.2, 0) is 4.74 Å². The molecule has 1 heterocycles. The molecule has 0 unspecified atom stereocenters. The van der Waals surface area contributed by atoms with Crippen LogP contribution in [0.2, 0.25) is 10.0 Å². The summed E-state index contributed by atoms with van der Waals surface area (Å²) in [6.07, 6.45) is 2.05. The van der Waals surface area contributed by atoms with Crippen molar-refractivity contribution >= 4 is 29.1 Å². The number of nitrogens with zero attached hydrogens (tertiary/aromatic N) is 1. The lowest BCUT2D eigenvalue weighted by molar-refractivity contribution is 0.0867. The van der Waals surface area contributed by atoms with E-state index in [-0.39, 0.29) is 23.1 Å². The molecule has 0 spiro atoms. The highest BCUT2D eigenvalue weighted by Crippen LogP contribution is 2.27. The van der Waals surface area contributed by atoms with Gasteiger partial charge in [0.2, 0.25) is 0 Å². The van der Waals surface area contributed by atoms with Crippen LogP contribution in [-0.4, -0.2) is 42.4 Å². The van der Waals surface area contributed by atoms with Crippen LogP contribution in [0.15, 0.2) is 6.20 Å². The van der Waals surface area contributed by atoms with Crippen molar-refractivity contribution in [3.05, 3.63) is 27.5 Å². The molecule has 5 nitrogen and oxygen atoms in total. The lowest BCUT2D eigenvalue weighted by atomic mass is 10.2. The monoisotopic (exact) mass is 306 g/mol. The second-order valence-corrected chi connectivity index (χ2v) is 4.59. The fourth-order valence-corrected chi connectivity index (χ4v) is 1.77. The van der Waals surface area contributed by atoms with Gasteiger partial charge in [-0.1, -0.05) is 23.2 Å². The Bertz CT molecular complexity index is 441. The van der Waals surface area contributed by atoms with Gasteiger partial charge in [-0.3, -0.25) is 9.78 Å². The van der Waals surface area contributed by atoms with E-state index in [0.29, 0.717) is 36.9 Å². The predicted molar refractivity (Wildman–Crippen MR) is 73.8 cm³/mol. The van der Waals surface area contributed by atoms with Crippen LogP contribution in [0.25, 0.3) is 0 Å². The van der Waals surface area contributed by atoms with E-state index in [1.54, 1.807) is 6.92 Å². The molecule has 1 amide bonds. The van der Waals surface area contributed by atoms with Crippen molar-refractivity contribution in [3.8, 4) is 0 Å². The summed E-state index contributed by atoms with van der Waals surface area (Å²) < 4.78 is 5.07. The van der Waals surface area contributed by atoms with Crippen molar-refractivity contribution in [1.29, 1.82) is 0 Å². The Hall–Kier alpha value is -0.880. The second kappa shape index (κ2) is 8.32. The van der Waals surface area contributed by atoms with Crippen LogP contribution in [0, 0.1) is 6.92 Å². The van der Waals surface area contributed by atoms with Crippen molar-refractivity contribution < 1.29 is 14.6 Å². The number of halogens is 2. The summed E-state index contributed by atoms with van der Waals surface area (Å²) in [7, 11) is 0. The number of carbonyl (C=O) groups is 1. The van der Waals surface area contributed by atoms with Crippen LogP contribution in [0.5, 0.6) is 0 Å².